The molecule has 0 bridgehead atoms. The molecule has 1 aliphatic rings. The van der Waals surface area contributed by atoms with Crippen molar-refractivity contribution in [2.45, 2.75) is 19.0 Å². The summed E-state index contributed by atoms with van der Waals surface area (Å²) in [6, 6.07) is 14.4. The fourth-order valence-electron chi connectivity index (χ4n) is 2.92. The topological polar surface area (TPSA) is 66.0 Å². The van der Waals surface area contributed by atoms with E-state index in [9.17, 15) is 9.18 Å². The lowest BCUT2D eigenvalue weighted by atomic mass is 10.0. The Morgan fingerprint density at radius 3 is 2.69 bits per heavy atom. The van der Waals surface area contributed by atoms with Crippen LogP contribution in [0.25, 0.3) is 0 Å². The number of halogens is 2. The van der Waals surface area contributed by atoms with E-state index in [0.29, 0.717) is 18.1 Å². The van der Waals surface area contributed by atoms with Gasteiger partial charge in [0.25, 0.3) is 0 Å². The fraction of sp³-hybridized carbons (Fsp3) is 0.333. The van der Waals surface area contributed by atoms with Crippen LogP contribution in [0.5, 0.6) is 5.75 Å². The minimum atomic E-state index is -0.300. The smallest absolute Gasteiger partial charge is 0.241 e. The van der Waals surface area contributed by atoms with E-state index in [0.717, 1.165) is 17.7 Å². The Morgan fingerprint density at radius 1 is 1.21 bits per heavy atom. The number of aliphatic imine (C=N–C) groups is 1. The van der Waals surface area contributed by atoms with Gasteiger partial charge in [-0.25, -0.2) is 9.38 Å². The van der Waals surface area contributed by atoms with Crippen molar-refractivity contribution in [1.82, 2.24) is 15.5 Å². The number of rotatable bonds is 5. The zero-order valence-corrected chi connectivity index (χ0v) is 18.9. The number of benzene rings is 2. The van der Waals surface area contributed by atoms with Crippen molar-refractivity contribution in [1.29, 1.82) is 0 Å². The van der Waals surface area contributed by atoms with Gasteiger partial charge in [0.15, 0.2) is 5.96 Å². The molecule has 29 heavy (non-hydrogen) atoms. The molecule has 2 aromatic rings. The summed E-state index contributed by atoms with van der Waals surface area (Å²) in [6.45, 7) is 0.857. The van der Waals surface area contributed by atoms with E-state index in [2.05, 4.69) is 15.6 Å². The summed E-state index contributed by atoms with van der Waals surface area (Å²) in [5.74, 6) is 0.920. The third kappa shape index (κ3) is 6.31. The number of para-hydroxylation sites is 1. The van der Waals surface area contributed by atoms with Gasteiger partial charge in [-0.3, -0.25) is 4.79 Å². The molecule has 156 valence electrons. The summed E-state index contributed by atoms with van der Waals surface area (Å²) < 4.78 is 19.6. The molecule has 6 nitrogen and oxygen atoms in total. The van der Waals surface area contributed by atoms with Crippen molar-refractivity contribution in [3.05, 3.63) is 65.5 Å². The molecule has 8 heteroatoms. The van der Waals surface area contributed by atoms with Crippen LogP contribution in [-0.4, -0.2) is 44.0 Å². The summed E-state index contributed by atoms with van der Waals surface area (Å²) >= 11 is 0. The maximum atomic E-state index is 13.9. The Kier molecular flexibility index (Phi) is 8.69. The highest BCUT2D eigenvalue weighted by Crippen LogP contribution is 2.31. The number of hydrogen-bond acceptors (Lipinski definition) is 3. The van der Waals surface area contributed by atoms with Crippen molar-refractivity contribution < 1.29 is 13.9 Å². The highest BCUT2D eigenvalue weighted by atomic mass is 127. The maximum Gasteiger partial charge on any atom is 0.241 e. The van der Waals surface area contributed by atoms with Crippen molar-refractivity contribution in [2.75, 3.05) is 27.2 Å². The number of carbonyl (C=O) groups excluding carboxylic acids is 1. The van der Waals surface area contributed by atoms with Crippen LogP contribution in [0.1, 0.15) is 23.6 Å². The van der Waals surface area contributed by atoms with Crippen LogP contribution >= 0.6 is 24.0 Å². The van der Waals surface area contributed by atoms with E-state index < -0.39 is 0 Å². The van der Waals surface area contributed by atoms with Gasteiger partial charge in [0.1, 0.15) is 11.6 Å². The maximum absolute atomic E-state index is 13.9. The zero-order valence-electron chi connectivity index (χ0n) is 16.5. The lowest BCUT2D eigenvalue weighted by Crippen LogP contribution is -2.45. The average Bonchev–Trinajstić information content (AvgIpc) is 2.71. The second-order valence-electron chi connectivity index (χ2n) is 6.77. The third-order valence-electron chi connectivity index (χ3n) is 4.54. The number of ether oxygens (including phenoxy) is 1. The molecule has 2 N–H and O–H groups in total. The van der Waals surface area contributed by atoms with Gasteiger partial charge >= 0.3 is 0 Å². The molecule has 1 atom stereocenters. The first kappa shape index (κ1) is 22.9. The molecule has 0 fully saturated rings. The number of nitrogens with zero attached hydrogens (tertiary/aromatic N) is 2. The first-order valence-corrected chi connectivity index (χ1v) is 9.24. The molecule has 0 saturated heterocycles. The molecule has 2 aromatic carbocycles. The summed E-state index contributed by atoms with van der Waals surface area (Å²) in [7, 11) is 3.39. The van der Waals surface area contributed by atoms with Gasteiger partial charge in [-0.2, -0.15) is 0 Å². The zero-order chi connectivity index (χ0) is 19.9. The summed E-state index contributed by atoms with van der Waals surface area (Å²) in [5.41, 5.74) is 1.53. The van der Waals surface area contributed by atoms with Crippen molar-refractivity contribution in [3.8, 4) is 5.75 Å². The number of hydrogen-bond donors (Lipinski definition) is 2. The molecule has 0 aromatic heterocycles. The minimum Gasteiger partial charge on any atom is -0.493 e. The Morgan fingerprint density at radius 2 is 1.93 bits per heavy atom. The van der Waals surface area contributed by atoms with Crippen molar-refractivity contribution in [3.63, 3.8) is 0 Å². The molecule has 1 amide bonds. The lowest BCUT2D eigenvalue weighted by Gasteiger charge is -2.28. The molecule has 0 saturated carbocycles. The van der Waals surface area contributed by atoms with E-state index in [1.54, 1.807) is 32.3 Å². The highest BCUT2D eigenvalue weighted by molar-refractivity contribution is 14.0. The Hall–Kier alpha value is -2.36. The molecule has 1 aliphatic heterocycles. The quantitative estimate of drug-likeness (QED) is 0.367. The van der Waals surface area contributed by atoms with Gasteiger partial charge in [-0.05, 0) is 12.1 Å². The van der Waals surface area contributed by atoms with E-state index in [1.807, 2.05) is 24.3 Å². The van der Waals surface area contributed by atoms with Crippen LogP contribution in [0.2, 0.25) is 0 Å². The van der Waals surface area contributed by atoms with Gasteiger partial charge in [0.2, 0.25) is 5.91 Å². The Bertz CT molecular complexity index is 860. The summed E-state index contributed by atoms with van der Waals surface area (Å²) in [5, 5.41) is 6.41. The normalized spacial score (nSPS) is 15.4. The van der Waals surface area contributed by atoms with Crippen molar-refractivity contribution in [2.24, 2.45) is 4.99 Å². The Labute approximate surface area is 187 Å². The molecular weight excluding hydrogens is 486 g/mol. The van der Waals surface area contributed by atoms with Gasteiger partial charge in [0.05, 0.1) is 25.7 Å². The first-order valence-electron chi connectivity index (χ1n) is 9.24. The molecule has 1 unspecified atom stereocenters. The monoisotopic (exact) mass is 512 g/mol. The van der Waals surface area contributed by atoms with E-state index in [4.69, 9.17) is 4.74 Å². The van der Waals surface area contributed by atoms with Crippen LogP contribution < -0.4 is 15.4 Å². The van der Waals surface area contributed by atoms with Crippen LogP contribution in [-0.2, 0) is 11.3 Å². The molecular formula is C21H26FIN4O2. The van der Waals surface area contributed by atoms with Crippen LogP contribution in [0, 0.1) is 5.82 Å². The van der Waals surface area contributed by atoms with Gasteiger partial charge < -0.3 is 20.3 Å². The molecule has 0 aliphatic carbocycles. The Balaban J connectivity index is 0.00000300. The van der Waals surface area contributed by atoms with E-state index in [1.165, 1.54) is 11.0 Å². The molecule has 0 radical (unpaired) electrons. The predicted molar refractivity (Wildman–Crippen MR) is 122 cm³/mol. The largest absolute Gasteiger partial charge is 0.493 e. The van der Waals surface area contributed by atoms with E-state index in [-0.39, 0.29) is 54.8 Å². The average molecular weight is 512 g/mol. The minimum absolute atomic E-state index is 0. The predicted octanol–water partition coefficient (Wildman–Crippen LogP) is 3.09. The third-order valence-corrected chi connectivity index (χ3v) is 4.54. The van der Waals surface area contributed by atoms with Gasteiger partial charge in [-0.15, -0.1) is 24.0 Å². The summed E-state index contributed by atoms with van der Waals surface area (Å²) in [4.78, 5) is 18.0. The molecule has 1 heterocycles. The van der Waals surface area contributed by atoms with Crippen molar-refractivity contribution >= 4 is 35.8 Å². The number of carbonyl (C=O) groups is 1. The van der Waals surface area contributed by atoms with Crippen LogP contribution in [0.15, 0.2) is 53.5 Å². The number of amides is 1. The fourth-order valence-corrected chi connectivity index (χ4v) is 2.92. The second kappa shape index (κ2) is 11.0. The number of guanidine groups is 1. The number of fused-ring (bicyclic) bond motifs is 1. The van der Waals surface area contributed by atoms with Crippen LogP contribution in [0.3, 0.4) is 0 Å². The second-order valence-corrected chi connectivity index (χ2v) is 6.77. The molecule has 3 rings (SSSR count). The van der Waals surface area contributed by atoms with E-state index >= 15 is 0 Å². The summed E-state index contributed by atoms with van der Waals surface area (Å²) in [6.07, 6.45) is 0.763. The van der Waals surface area contributed by atoms with Gasteiger partial charge in [-0.1, -0.05) is 36.4 Å². The highest BCUT2D eigenvalue weighted by Gasteiger charge is 2.22. The SMILES string of the molecule is CN(C)C(=O)CNC(=NCc1ccccc1F)NC1CCOc2ccccc21.I. The first-order chi connectivity index (χ1) is 13.5. The standard InChI is InChI=1S/C21H25FN4O2.HI/c1-26(2)20(27)14-24-21(23-13-15-7-3-5-9-17(15)22)25-18-11-12-28-19-10-6-4-8-16(18)19;/h3-10,18H,11-14H2,1-2H3,(H2,23,24,25);1H. The number of likely N-dealkylation sites (N-methyl/N-ethyl adjacent to an activating group) is 1. The lowest BCUT2D eigenvalue weighted by molar-refractivity contribution is -0.127. The number of nitrogens with one attached hydrogen (secondary N) is 2. The van der Waals surface area contributed by atoms with Crippen LogP contribution in [0.4, 0.5) is 4.39 Å². The van der Waals surface area contributed by atoms with Gasteiger partial charge in [0, 0.05) is 31.6 Å². The molecule has 0 spiro atoms.